The molecule has 0 atom stereocenters. The van der Waals surface area contributed by atoms with Crippen molar-refractivity contribution in [2.24, 2.45) is 11.5 Å². The Morgan fingerprint density at radius 2 is 1.43 bits per heavy atom. The zero-order valence-corrected chi connectivity index (χ0v) is 7.47. The Morgan fingerprint density at radius 3 is 1.43 bits per heavy atom. The molecule has 0 bridgehead atoms. The first-order valence-electron chi connectivity index (χ1n) is 1.41. The fourth-order valence-electron chi connectivity index (χ4n) is 0. The summed E-state index contributed by atoms with van der Waals surface area (Å²) in [5, 5.41) is 4.47. The molecule has 0 aliphatic rings. The molecule has 0 aliphatic carbocycles. The van der Waals surface area contributed by atoms with Crippen LogP contribution in [0, 0.1) is 0 Å². The molecule has 48 valence electrons. The maximum absolute atomic E-state index is 4.62. The van der Waals surface area contributed by atoms with E-state index >= 15 is 0 Å². The Labute approximate surface area is 58.2 Å². The van der Waals surface area contributed by atoms with E-state index in [1.54, 1.807) is 0 Å². The van der Waals surface area contributed by atoms with Crippen LogP contribution < -0.4 is 11.5 Å². The van der Waals surface area contributed by atoms with Crippen molar-refractivity contribution in [2.45, 2.75) is 10.6 Å². The Hall–Kier alpha value is 0.378. The van der Waals surface area contributed by atoms with Gasteiger partial charge in [0.25, 0.3) is 0 Å². The summed E-state index contributed by atoms with van der Waals surface area (Å²) >= 11 is 4.68. The molecule has 4 N–H and O–H groups in total. The molecule has 0 unspecified atom stereocenters. The van der Waals surface area contributed by atoms with Crippen molar-refractivity contribution in [1.29, 1.82) is 0 Å². The van der Waals surface area contributed by atoms with E-state index in [0.717, 1.165) is 0 Å². The van der Waals surface area contributed by atoms with E-state index in [2.05, 4.69) is 34.3 Å². The molecule has 0 aromatic carbocycles. The molecule has 0 heterocycles. The fourth-order valence-corrected chi connectivity index (χ4v) is 0. The summed E-state index contributed by atoms with van der Waals surface area (Å²) in [7, 11) is 0. The van der Waals surface area contributed by atoms with Crippen LogP contribution in [0.2, 0.25) is 10.6 Å². The predicted octanol–water partition coefficient (Wildman–Crippen LogP) is 0.354. The second kappa shape index (κ2) is 9.62. The van der Waals surface area contributed by atoms with Gasteiger partial charge in [0, 0.05) is 0 Å². The molecule has 0 radical (unpaired) electrons. The van der Waals surface area contributed by atoms with Gasteiger partial charge in [-0.05, 0) is 12.2 Å². The van der Waals surface area contributed by atoms with Gasteiger partial charge < -0.3 is 11.5 Å². The van der Waals surface area contributed by atoms with Gasteiger partial charge in [-0.2, -0.15) is 0 Å². The minimum absolute atomic E-state index is 0.000000000000000222. The van der Waals surface area contributed by atoms with Crippen molar-refractivity contribution in [3.8, 4) is 0 Å². The first-order valence-corrected chi connectivity index (χ1v) is 6.37. The van der Waals surface area contributed by atoms with E-state index in [-0.39, 0.29) is 5.11 Å². The molecule has 0 saturated carbocycles. The number of hydrogen-bond donors (Lipinski definition) is 2. The van der Waals surface area contributed by atoms with Crippen molar-refractivity contribution in [3.63, 3.8) is 0 Å². The number of nitrogens with two attached hydrogens (primary N) is 2. The van der Waals surface area contributed by atoms with E-state index in [1.165, 1.54) is 0 Å². The fraction of sp³-hybridized carbons (Fsp3) is 0.667. The third kappa shape index (κ3) is 854. The standard InChI is InChI=1S/CH4N2S.2CH3.Pt/c2-1(3)4;;;/h(H4,2,3,4);2*1H3;. The van der Waals surface area contributed by atoms with Gasteiger partial charge in [-0.25, -0.2) is 0 Å². The van der Waals surface area contributed by atoms with Crippen molar-refractivity contribution in [1.82, 2.24) is 0 Å². The van der Waals surface area contributed by atoms with Gasteiger partial charge in [0.05, 0.1) is 0 Å². The Kier molecular flexibility index (Phi) is 14.3. The van der Waals surface area contributed by atoms with Gasteiger partial charge in [0.2, 0.25) is 0 Å². The van der Waals surface area contributed by atoms with Gasteiger partial charge in [0.15, 0.2) is 5.11 Å². The van der Waals surface area contributed by atoms with E-state index in [9.17, 15) is 0 Å². The van der Waals surface area contributed by atoms with Crippen LogP contribution in [0.1, 0.15) is 0 Å². The predicted molar refractivity (Wildman–Crippen MR) is 32.7 cm³/mol. The summed E-state index contributed by atoms with van der Waals surface area (Å²) in [4.78, 5) is 0. The van der Waals surface area contributed by atoms with Crippen LogP contribution in [0.15, 0.2) is 0 Å². The summed E-state index contributed by atoms with van der Waals surface area (Å²) < 4.78 is 0. The number of thiocarbonyl (C=S) groups is 1. The average molecular weight is 301 g/mol. The SMILES string of the molecule is NC(N)=S.[CH3][Pt][CH3]. The van der Waals surface area contributed by atoms with Crippen LogP contribution in [0.5, 0.6) is 0 Å². The van der Waals surface area contributed by atoms with Gasteiger partial charge in [0.1, 0.15) is 0 Å². The molecule has 0 aromatic heterocycles. The minimum atomic E-state index is 0.000000000000000222. The summed E-state index contributed by atoms with van der Waals surface area (Å²) in [5.74, 6) is 0. The quantitative estimate of drug-likeness (QED) is 0.635. The van der Waals surface area contributed by atoms with Crippen LogP contribution in [0.4, 0.5) is 0 Å². The molecule has 0 rings (SSSR count). The van der Waals surface area contributed by atoms with Gasteiger partial charge >= 0.3 is 29.2 Å². The second-order valence-corrected chi connectivity index (χ2v) is 3.46. The molecule has 4 heteroatoms. The van der Waals surface area contributed by atoms with E-state index in [0.29, 0.717) is 18.6 Å². The summed E-state index contributed by atoms with van der Waals surface area (Å²) in [6.07, 6.45) is 0. The third-order valence-electron chi connectivity index (χ3n) is 0. The molecule has 2 nitrogen and oxygen atoms in total. The van der Waals surface area contributed by atoms with Gasteiger partial charge in [-0.15, -0.1) is 0 Å². The molecule has 0 aliphatic heterocycles. The molecule has 0 spiro atoms. The first kappa shape index (κ1) is 10.4. The first-order chi connectivity index (χ1) is 3.15. The zero-order chi connectivity index (χ0) is 6.28. The Bertz CT molecular complexity index is 44.2. The van der Waals surface area contributed by atoms with Crippen LogP contribution in [-0.4, -0.2) is 5.11 Å². The average Bonchev–Trinajstić information content (AvgIpc) is 1.33. The molecule has 0 fully saturated rings. The molecular weight excluding hydrogens is 291 g/mol. The van der Waals surface area contributed by atoms with Crippen LogP contribution in [0.3, 0.4) is 0 Å². The van der Waals surface area contributed by atoms with Crippen LogP contribution in [-0.2, 0) is 18.6 Å². The van der Waals surface area contributed by atoms with E-state index < -0.39 is 0 Å². The summed E-state index contributed by atoms with van der Waals surface area (Å²) in [6.45, 7) is 0. The van der Waals surface area contributed by atoms with E-state index in [4.69, 9.17) is 0 Å². The van der Waals surface area contributed by atoms with E-state index in [1.807, 2.05) is 0 Å². The van der Waals surface area contributed by atoms with Gasteiger partial charge in [-0.3, -0.25) is 0 Å². The number of rotatable bonds is 0. The maximum atomic E-state index is 4.62. The molecule has 0 saturated heterocycles. The summed E-state index contributed by atoms with van der Waals surface area (Å²) in [6, 6.07) is 0. The normalized spacial score (nSPS) is 6.57. The number of hydrogen-bond acceptors (Lipinski definition) is 1. The zero-order valence-electron chi connectivity index (χ0n) is 4.38. The van der Waals surface area contributed by atoms with Crippen molar-refractivity contribution >= 4 is 17.3 Å². The molecule has 7 heavy (non-hydrogen) atoms. The van der Waals surface area contributed by atoms with Crippen molar-refractivity contribution < 1.29 is 18.6 Å². The van der Waals surface area contributed by atoms with Gasteiger partial charge in [-0.1, -0.05) is 0 Å². The monoisotopic (exact) mass is 301 g/mol. The van der Waals surface area contributed by atoms with Crippen LogP contribution in [0.25, 0.3) is 0 Å². The van der Waals surface area contributed by atoms with Crippen molar-refractivity contribution in [2.75, 3.05) is 0 Å². The second-order valence-electron chi connectivity index (χ2n) is 0.719. The molecule has 0 aromatic rings. The van der Waals surface area contributed by atoms with Crippen LogP contribution >= 0.6 is 12.2 Å². The third-order valence-corrected chi connectivity index (χ3v) is 0. The van der Waals surface area contributed by atoms with Crippen molar-refractivity contribution in [3.05, 3.63) is 0 Å². The molecule has 0 amide bonds. The summed E-state index contributed by atoms with van der Waals surface area (Å²) in [5.41, 5.74) is 9.24. The molecular formula is C3H10N2PtS. The Morgan fingerprint density at radius 1 is 1.43 bits per heavy atom. The topological polar surface area (TPSA) is 52.0 Å². The Balaban J connectivity index is 0.